The van der Waals surface area contributed by atoms with Crippen LogP contribution >= 0.6 is 37.2 Å². The van der Waals surface area contributed by atoms with E-state index in [1.807, 2.05) is 0 Å². The van der Waals surface area contributed by atoms with Crippen LogP contribution in [0.5, 0.6) is 0 Å². The first-order valence-electron chi connectivity index (χ1n) is 13.6. The summed E-state index contributed by atoms with van der Waals surface area (Å²) >= 11 is 0. The summed E-state index contributed by atoms with van der Waals surface area (Å²) in [5.41, 5.74) is 1.42. The van der Waals surface area contributed by atoms with Crippen molar-refractivity contribution >= 4 is 43.1 Å². The topological polar surface area (TPSA) is 38.8 Å². The third-order valence-corrected chi connectivity index (χ3v) is 8.24. The SMILES string of the molecule is CCCCN(C(=O)CCC[C@H]1NCC2CC1CN(Cc1ccccc1)C2)C1CCN(C)CC1.Cl.Cl.Cl. The zero-order chi connectivity index (χ0) is 23.0. The third kappa shape index (κ3) is 9.63. The van der Waals surface area contributed by atoms with Crippen molar-refractivity contribution in [2.45, 2.75) is 76.9 Å². The number of nitrogens with one attached hydrogen (secondary N) is 1. The largest absolute Gasteiger partial charge is 0.340 e. The van der Waals surface area contributed by atoms with Crippen LogP contribution in [0.2, 0.25) is 0 Å². The maximum Gasteiger partial charge on any atom is 0.222 e. The highest BCUT2D eigenvalue weighted by molar-refractivity contribution is 5.86. The van der Waals surface area contributed by atoms with Gasteiger partial charge in [-0.1, -0.05) is 43.7 Å². The van der Waals surface area contributed by atoms with E-state index in [9.17, 15) is 4.79 Å². The van der Waals surface area contributed by atoms with Crippen molar-refractivity contribution < 1.29 is 4.79 Å². The maximum absolute atomic E-state index is 13.2. The molecule has 3 fully saturated rings. The van der Waals surface area contributed by atoms with E-state index >= 15 is 0 Å². The van der Waals surface area contributed by atoms with Crippen LogP contribution in [0.3, 0.4) is 0 Å². The normalized spacial score (nSPS) is 24.7. The molecule has 1 aromatic rings. The van der Waals surface area contributed by atoms with Gasteiger partial charge in [-0.15, -0.1) is 37.2 Å². The lowest BCUT2D eigenvalue weighted by atomic mass is 9.79. The molecule has 3 atom stereocenters. The predicted molar refractivity (Wildman–Crippen MR) is 158 cm³/mol. The Bertz CT molecular complexity index is 733. The molecule has 5 nitrogen and oxygen atoms in total. The highest BCUT2D eigenvalue weighted by Crippen LogP contribution is 2.31. The summed E-state index contributed by atoms with van der Waals surface area (Å²) in [5.74, 6) is 1.90. The van der Waals surface area contributed by atoms with Gasteiger partial charge in [-0.3, -0.25) is 9.69 Å². The summed E-state index contributed by atoms with van der Waals surface area (Å²) in [4.78, 5) is 20.5. The fourth-order valence-electron chi connectivity index (χ4n) is 6.34. The number of unbranched alkanes of at least 4 members (excludes halogenated alkanes) is 1. The van der Waals surface area contributed by atoms with Gasteiger partial charge in [0, 0.05) is 44.7 Å². The van der Waals surface area contributed by atoms with Gasteiger partial charge in [0.05, 0.1) is 0 Å². The van der Waals surface area contributed by atoms with Gasteiger partial charge >= 0.3 is 0 Å². The quantitative estimate of drug-likeness (QED) is 0.422. The number of hydrogen-bond acceptors (Lipinski definition) is 4. The molecule has 0 radical (unpaired) electrons. The van der Waals surface area contributed by atoms with E-state index in [2.05, 4.69) is 64.3 Å². The number of piperidine rings is 3. The number of fused-ring (bicyclic) bond motifs is 2. The highest BCUT2D eigenvalue weighted by Gasteiger charge is 2.36. The second-order valence-corrected chi connectivity index (χ2v) is 10.9. The van der Waals surface area contributed by atoms with Crippen molar-refractivity contribution in [2.75, 3.05) is 46.3 Å². The van der Waals surface area contributed by atoms with E-state index < -0.39 is 0 Å². The summed E-state index contributed by atoms with van der Waals surface area (Å²) in [6.07, 6.45) is 8.79. The van der Waals surface area contributed by atoms with Crippen LogP contribution in [0.4, 0.5) is 0 Å². The van der Waals surface area contributed by atoms with Crippen LogP contribution in [0.1, 0.15) is 63.9 Å². The van der Waals surface area contributed by atoms with Gasteiger partial charge in [0.15, 0.2) is 0 Å². The van der Waals surface area contributed by atoms with E-state index in [1.165, 1.54) is 25.1 Å². The number of carbonyl (C=O) groups is 1. The van der Waals surface area contributed by atoms with E-state index in [0.29, 0.717) is 18.0 Å². The molecule has 36 heavy (non-hydrogen) atoms. The first kappa shape index (κ1) is 33.5. The Hall–Kier alpha value is -0.560. The number of halogens is 3. The Morgan fingerprint density at radius 3 is 2.47 bits per heavy atom. The molecule has 1 N–H and O–H groups in total. The van der Waals surface area contributed by atoms with Gasteiger partial charge in [-0.2, -0.15) is 0 Å². The summed E-state index contributed by atoms with van der Waals surface area (Å²) in [7, 11) is 2.20. The Balaban J connectivity index is 0.00000216. The van der Waals surface area contributed by atoms with Gasteiger partial charge in [-0.25, -0.2) is 0 Å². The molecule has 208 valence electrons. The minimum atomic E-state index is 0. The van der Waals surface area contributed by atoms with Gasteiger partial charge in [-0.05, 0) is 82.6 Å². The average Bonchev–Trinajstić information content (AvgIpc) is 2.82. The van der Waals surface area contributed by atoms with Gasteiger partial charge in [0.2, 0.25) is 5.91 Å². The molecule has 4 rings (SSSR count). The van der Waals surface area contributed by atoms with Crippen molar-refractivity contribution in [2.24, 2.45) is 11.8 Å². The molecule has 2 unspecified atom stereocenters. The molecule has 1 aromatic carbocycles. The number of amides is 1. The molecule has 3 aliphatic heterocycles. The fourth-order valence-corrected chi connectivity index (χ4v) is 6.34. The number of hydrogen-bond donors (Lipinski definition) is 1. The molecular weight excluding hydrogens is 515 g/mol. The summed E-state index contributed by atoms with van der Waals surface area (Å²) in [6.45, 7) is 10.0. The Morgan fingerprint density at radius 1 is 1.06 bits per heavy atom. The smallest absolute Gasteiger partial charge is 0.222 e. The first-order valence-corrected chi connectivity index (χ1v) is 13.6. The molecule has 2 bridgehead atoms. The minimum absolute atomic E-state index is 0. The van der Waals surface area contributed by atoms with Crippen LogP contribution < -0.4 is 5.32 Å². The number of rotatable bonds is 10. The molecule has 8 heteroatoms. The van der Waals surface area contributed by atoms with Crippen LogP contribution in [0.15, 0.2) is 30.3 Å². The Labute approximate surface area is 238 Å². The lowest BCUT2D eigenvalue weighted by Gasteiger charge is -2.46. The number of nitrogens with zero attached hydrogens (tertiary/aromatic N) is 3. The average molecular weight is 564 g/mol. The van der Waals surface area contributed by atoms with Crippen molar-refractivity contribution in [3.05, 3.63) is 35.9 Å². The number of likely N-dealkylation sites (tertiary alicyclic amines) is 2. The predicted octanol–water partition coefficient (Wildman–Crippen LogP) is 5.26. The fraction of sp³-hybridized carbons (Fsp3) is 0.750. The highest BCUT2D eigenvalue weighted by atomic mass is 35.5. The molecule has 0 saturated carbocycles. The Kier molecular flexibility index (Phi) is 15.9. The molecule has 0 aromatic heterocycles. The molecular formula is C28H49Cl3N4O. The summed E-state index contributed by atoms with van der Waals surface area (Å²) < 4.78 is 0. The Morgan fingerprint density at radius 2 is 1.78 bits per heavy atom. The molecule has 0 aliphatic carbocycles. The molecule has 3 saturated heterocycles. The van der Waals surface area contributed by atoms with Crippen molar-refractivity contribution in [3.8, 4) is 0 Å². The van der Waals surface area contributed by atoms with Gasteiger partial charge in [0.1, 0.15) is 0 Å². The molecule has 1 amide bonds. The zero-order valence-electron chi connectivity index (χ0n) is 22.3. The zero-order valence-corrected chi connectivity index (χ0v) is 24.7. The van der Waals surface area contributed by atoms with Crippen molar-refractivity contribution in [1.29, 1.82) is 0 Å². The second kappa shape index (κ2) is 17.1. The third-order valence-electron chi connectivity index (χ3n) is 8.24. The van der Waals surface area contributed by atoms with Gasteiger partial charge in [0.25, 0.3) is 0 Å². The van der Waals surface area contributed by atoms with Crippen LogP contribution in [-0.2, 0) is 11.3 Å². The minimum Gasteiger partial charge on any atom is -0.340 e. The molecule has 3 aliphatic rings. The van der Waals surface area contributed by atoms with Crippen LogP contribution in [0, 0.1) is 11.8 Å². The van der Waals surface area contributed by atoms with Crippen molar-refractivity contribution in [1.82, 2.24) is 20.0 Å². The maximum atomic E-state index is 13.2. The van der Waals surface area contributed by atoms with E-state index in [-0.39, 0.29) is 37.2 Å². The van der Waals surface area contributed by atoms with E-state index in [1.54, 1.807) is 0 Å². The van der Waals surface area contributed by atoms with Crippen LogP contribution in [0.25, 0.3) is 0 Å². The summed E-state index contributed by atoms with van der Waals surface area (Å²) in [6, 6.07) is 11.9. The lowest BCUT2D eigenvalue weighted by Crippen LogP contribution is -2.55. The standard InChI is InChI=1S/C28H46N4O.3ClH/c1-3-4-15-32(26-13-16-30(2)17-14-26)28(33)12-8-11-27-25-18-24(19-29-27)21-31(22-25)20-23-9-6-5-7-10-23;;;/h5-7,9-10,24-27,29H,3-4,8,11-22H2,1-2H3;3*1H/t24?,25?,27-;;;/m1.../s1. The monoisotopic (exact) mass is 562 g/mol. The van der Waals surface area contributed by atoms with Gasteiger partial charge < -0.3 is 15.1 Å². The van der Waals surface area contributed by atoms with E-state index in [4.69, 9.17) is 0 Å². The van der Waals surface area contributed by atoms with Crippen molar-refractivity contribution in [3.63, 3.8) is 0 Å². The van der Waals surface area contributed by atoms with Crippen LogP contribution in [-0.4, -0.2) is 79.0 Å². The molecule has 0 spiro atoms. The first-order chi connectivity index (χ1) is 16.1. The second-order valence-electron chi connectivity index (χ2n) is 10.9. The molecule has 3 heterocycles. The number of benzene rings is 1. The number of carbonyl (C=O) groups excluding carboxylic acids is 1. The van der Waals surface area contributed by atoms with E-state index in [0.717, 1.165) is 89.5 Å². The lowest BCUT2D eigenvalue weighted by molar-refractivity contribution is -0.134. The summed E-state index contributed by atoms with van der Waals surface area (Å²) in [5, 5.41) is 3.85.